The molecule has 1 fully saturated rings. The summed E-state index contributed by atoms with van der Waals surface area (Å²) in [7, 11) is 0. The van der Waals surface area contributed by atoms with Crippen LogP contribution >= 0.6 is 0 Å². The summed E-state index contributed by atoms with van der Waals surface area (Å²) in [6, 6.07) is 19.9. The van der Waals surface area contributed by atoms with Gasteiger partial charge in [-0.15, -0.1) is 0 Å². The zero-order valence-corrected chi connectivity index (χ0v) is 15.0. The number of ether oxygens (including phenoxy) is 1. The van der Waals surface area contributed by atoms with Crippen LogP contribution in [-0.4, -0.2) is 18.6 Å². The summed E-state index contributed by atoms with van der Waals surface area (Å²) in [6.45, 7) is 0.466. The Labute approximate surface area is 159 Å². The molecule has 0 saturated carbocycles. The molecule has 0 aliphatic carbocycles. The number of rotatable bonds is 5. The van der Waals surface area contributed by atoms with Gasteiger partial charge >= 0.3 is 0 Å². The van der Waals surface area contributed by atoms with Gasteiger partial charge in [0.15, 0.2) is 0 Å². The van der Waals surface area contributed by atoms with E-state index in [-0.39, 0.29) is 23.8 Å². The molecule has 0 bridgehead atoms. The van der Waals surface area contributed by atoms with Crippen LogP contribution in [0.1, 0.15) is 24.0 Å². The van der Waals surface area contributed by atoms with Crippen molar-refractivity contribution in [3.8, 4) is 23.3 Å². The van der Waals surface area contributed by atoms with Crippen LogP contribution in [0.5, 0.6) is 0 Å². The van der Waals surface area contributed by atoms with Crippen LogP contribution < -0.4 is 5.73 Å². The summed E-state index contributed by atoms with van der Waals surface area (Å²) in [4.78, 5) is 11.4. The molecule has 2 N–H and O–H groups in total. The third kappa shape index (κ3) is 4.53. The molecule has 2 aromatic carbocycles. The average molecular weight is 359 g/mol. The minimum absolute atomic E-state index is 0.210. The predicted molar refractivity (Wildman–Crippen MR) is 101 cm³/mol. The van der Waals surface area contributed by atoms with Crippen molar-refractivity contribution in [2.24, 2.45) is 17.6 Å². The van der Waals surface area contributed by atoms with Gasteiger partial charge in [0.25, 0.3) is 0 Å². The van der Waals surface area contributed by atoms with Crippen molar-refractivity contribution in [2.75, 3.05) is 6.61 Å². The molecule has 1 saturated heterocycles. The van der Waals surface area contributed by atoms with E-state index in [0.717, 1.165) is 16.7 Å². The second-order valence-electron chi connectivity index (χ2n) is 6.86. The summed E-state index contributed by atoms with van der Waals surface area (Å²) in [5, 5.41) is 18.5. The van der Waals surface area contributed by atoms with Crippen molar-refractivity contribution in [3.63, 3.8) is 0 Å². The summed E-state index contributed by atoms with van der Waals surface area (Å²) in [5.74, 6) is -0.835. The first-order valence-corrected chi connectivity index (χ1v) is 9.00. The van der Waals surface area contributed by atoms with E-state index in [0.29, 0.717) is 31.4 Å². The fraction of sp³-hybridized carbons (Fsp3) is 0.318. The lowest BCUT2D eigenvalue weighted by molar-refractivity contribution is -0.127. The van der Waals surface area contributed by atoms with Crippen molar-refractivity contribution >= 4 is 5.91 Å². The van der Waals surface area contributed by atoms with Gasteiger partial charge in [-0.25, -0.2) is 0 Å². The number of hydrogen-bond donors (Lipinski definition) is 1. The van der Waals surface area contributed by atoms with E-state index in [9.17, 15) is 10.1 Å². The lowest BCUT2D eigenvalue weighted by atomic mass is 9.85. The van der Waals surface area contributed by atoms with Gasteiger partial charge in [-0.2, -0.15) is 10.5 Å². The number of carbonyl (C=O) groups is 1. The highest BCUT2D eigenvalue weighted by Crippen LogP contribution is 2.28. The highest BCUT2D eigenvalue weighted by atomic mass is 16.5. The van der Waals surface area contributed by atoms with E-state index in [4.69, 9.17) is 15.7 Å². The first-order chi connectivity index (χ1) is 13.1. The van der Waals surface area contributed by atoms with Gasteiger partial charge in [0.2, 0.25) is 5.91 Å². The minimum atomic E-state index is -0.313. The summed E-state index contributed by atoms with van der Waals surface area (Å²) < 4.78 is 5.74. The Kier molecular flexibility index (Phi) is 5.86. The number of nitrogens with two attached hydrogens (primary N) is 1. The molecule has 1 amide bonds. The maximum Gasteiger partial charge on any atom is 0.220 e. The second-order valence-corrected chi connectivity index (χ2v) is 6.86. The van der Waals surface area contributed by atoms with E-state index in [1.807, 2.05) is 36.4 Å². The molecule has 0 aromatic heterocycles. The predicted octanol–water partition coefficient (Wildman–Crippen LogP) is 3.19. The molecular weight excluding hydrogens is 338 g/mol. The van der Waals surface area contributed by atoms with Crippen LogP contribution in [0.3, 0.4) is 0 Å². The monoisotopic (exact) mass is 359 g/mol. The first-order valence-electron chi connectivity index (χ1n) is 9.00. The Morgan fingerprint density at radius 1 is 1.11 bits per heavy atom. The molecule has 0 spiro atoms. The Morgan fingerprint density at radius 2 is 1.74 bits per heavy atom. The van der Waals surface area contributed by atoms with Gasteiger partial charge in [0.1, 0.15) is 0 Å². The number of hydrogen-bond acceptors (Lipinski definition) is 4. The molecule has 27 heavy (non-hydrogen) atoms. The fourth-order valence-corrected chi connectivity index (χ4v) is 3.45. The van der Waals surface area contributed by atoms with Crippen LogP contribution in [-0.2, 0) is 16.0 Å². The first kappa shape index (κ1) is 18.6. The Balaban J connectivity index is 1.68. The van der Waals surface area contributed by atoms with Gasteiger partial charge < -0.3 is 10.5 Å². The lowest BCUT2D eigenvalue weighted by Crippen LogP contribution is -2.37. The smallest absolute Gasteiger partial charge is 0.220 e. The largest absolute Gasteiger partial charge is 0.377 e. The molecule has 1 heterocycles. The van der Waals surface area contributed by atoms with E-state index < -0.39 is 0 Å². The van der Waals surface area contributed by atoms with E-state index in [1.165, 1.54) is 0 Å². The third-order valence-corrected chi connectivity index (χ3v) is 5.09. The van der Waals surface area contributed by atoms with Gasteiger partial charge in [0, 0.05) is 12.5 Å². The summed E-state index contributed by atoms with van der Waals surface area (Å²) in [5.41, 5.74) is 9.19. The molecule has 3 atom stereocenters. The molecule has 3 rings (SSSR count). The molecule has 3 unspecified atom stereocenters. The maximum atomic E-state index is 11.4. The molecule has 0 radical (unpaired) electrons. The van der Waals surface area contributed by atoms with Crippen molar-refractivity contribution < 1.29 is 9.53 Å². The van der Waals surface area contributed by atoms with Gasteiger partial charge in [0.05, 0.1) is 29.7 Å². The van der Waals surface area contributed by atoms with Crippen molar-refractivity contribution in [1.29, 1.82) is 10.5 Å². The molecule has 1 aliphatic heterocycles. The third-order valence-electron chi connectivity index (χ3n) is 5.09. The topological polar surface area (TPSA) is 99.9 Å². The maximum absolute atomic E-state index is 11.4. The van der Waals surface area contributed by atoms with Gasteiger partial charge in [-0.1, -0.05) is 36.4 Å². The zero-order valence-electron chi connectivity index (χ0n) is 15.0. The number of carbonyl (C=O) groups excluding carboxylic acids is 1. The van der Waals surface area contributed by atoms with Gasteiger partial charge in [-0.3, -0.25) is 4.79 Å². The lowest BCUT2D eigenvalue weighted by Gasteiger charge is -2.30. The summed E-state index contributed by atoms with van der Waals surface area (Å²) in [6.07, 6.45) is 1.44. The van der Waals surface area contributed by atoms with Crippen LogP contribution in [0.4, 0.5) is 0 Å². The molecule has 136 valence electrons. The van der Waals surface area contributed by atoms with Crippen molar-refractivity contribution in [1.82, 2.24) is 0 Å². The SMILES string of the molecule is N#Cc1ccc(-c2ccc(CC(C#N)C3CC(C(N)=O)CCO3)cc2)cc1. The second kappa shape index (κ2) is 8.49. The number of primary amides is 1. The zero-order chi connectivity index (χ0) is 19.2. The number of benzene rings is 2. The average Bonchev–Trinajstić information content (AvgIpc) is 2.72. The molecular formula is C22H21N3O2. The highest BCUT2D eigenvalue weighted by molar-refractivity contribution is 5.76. The Morgan fingerprint density at radius 3 is 2.30 bits per heavy atom. The van der Waals surface area contributed by atoms with E-state index in [1.54, 1.807) is 12.1 Å². The quantitative estimate of drug-likeness (QED) is 0.886. The van der Waals surface area contributed by atoms with E-state index >= 15 is 0 Å². The van der Waals surface area contributed by atoms with Gasteiger partial charge in [-0.05, 0) is 48.1 Å². The molecule has 2 aromatic rings. The minimum Gasteiger partial charge on any atom is -0.377 e. The molecule has 5 nitrogen and oxygen atoms in total. The fourth-order valence-electron chi connectivity index (χ4n) is 3.45. The van der Waals surface area contributed by atoms with Crippen LogP contribution in [0, 0.1) is 34.5 Å². The molecule has 5 heteroatoms. The van der Waals surface area contributed by atoms with Crippen molar-refractivity contribution in [3.05, 3.63) is 59.7 Å². The van der Waals surface area contributed by atoms with Crippen LogP contribution in [0.2, 0.25) is 0 Å². The Bertz CT molecular complexity index is 876. The standard InChI is InChI=1S/C22H21N3O2/c23-13-16-3-7-18(8-4-16)17-5-1-15(2-6-17)11-20(14-24)21-12-19(22(25)26)9-10-27-21/h1-8,19-21H,9-12H2,(H2,25,26). The van der Waals surface area contributed by atoms with Crippen molar-refractivity contribution in [2.45, 2.75) is 25.4 Å². The highest BCUT2D eigenvalue weighted by Gasteiger charge is 2.32. The number of amides is 1. The van der Waals surface area contributed by atoms with Crippen LogP contribution in [0.15, 0.2) is 48.5 Å². The number of nitriles is 2. The summed E-state index contributed by atoms with van der Waals surface area (Å²) >= 11 is 0. The normalized spacial score (nSPS) is 20.2. The van der Waals surface area contributed by atoms with E-state index in [2.05, 4.69) is 12.1 Å². The number of nitrogens with zero attached hydrogens (tertiary/aromatic N) is 2. The Hall–Kier alpha value is -3.15. The van der Waals surface area contributed by atoms with Crippen LogP contribution in [0.25, 0.3) is 11.1 Å². The molecule has 1 aliphatic rings.